The monoisotopic (exact) mass is 239 g/mol. The normalized spacial score (nSPS) is 22.8. The van der Waals surface area contributed by atoms with Gasteiger partial charge in [-0.2, -0.15) is 0 Å². The number of allylic oxidation sites excluding steroid dienone is 1. The van der Waals surface area contributed by atoms with Gasteiger partial charge >= 0.3 is 0 Å². The number of Topliss-reactive ketones (excluding diaryl/α,β-unsaturated/α-hetero) is 1. The molecule has 98 valence electrons. The van der Waals surface area contributed by atoms with Gasteiger partial charge in [0.1, 0.15) is 0 Å². The molecule has 1 aliphatic heterocycles. The number of carbonyl (C=O) groups excluding carboxylic acids is 2. The van der Waals surface area contributed by atoms with Gasteiger partial charge in [0, 0.05) is 0 Å². The van der Waals surface area contributed by atoms with Gasteiger partial charge < -0.3 is 5.32 Å². The summed E-state index contributed by atoms with van der Waals surface area (Å²) in [6.07, 6.45) is 3.44. The van der Waals surface area contributed by atoms with Crippen molar-refractivity contribution in [1.29, 1.82) is 0 Å². The molecule has 0 bridgehead atoms. The maximum atomic E-state index is 11.4. The minimum absolute atomic E-state index is 0.240. The Morgan fingerprint density at radius 2 is 1.71 bits per heavy atom. The summed E-state index contributed by atoms with van der Waals surface area (Å²) in [6.45, 7) is 15.3. The van der Waals surface area contributed by atoms with Crippen molar-refractivity contribution in [3.05, 3.63) is 24.3 Å². The zero-order valence-electron chi connectivity index (χ0n) is 11.8. The second-order valence-electron chi connectivity index (χ2n) is 3.11. The highest BCUT2D eigenvalue weighted by Gasteiger charge is 2.39. The molecule has 1 heterocycles. The maximum Gasteiger partial charge on any atom is 0.288 e. The van der Waals surface area contributed by atoms with E-state index < -0.39 is 5.91 Å². The van der Waals surface area contributed by atoms with Gasteiger partial charge in [-0.1, -0.05) is 45.4 Å². The van der Waals surface area contributed by atoms with Gasteiger partial charge in [-0.05, 0) is 13.8 Å². The first-order valence-corrected chi connectivity index (χ1v) is 6.22. The molecule has 0 aromatic rings. The predicted molar refractivity (Wildman–Crippen MR) is 72.8 cm³/mol. The van der Waals surface area contributed by atoms with E-state index in [1.54, 1.807) is 6.08 Å². The van der Waals surface area contributed by atoms with Crippen molar-refractivity contribution < 1.29 is 9.59 Å². The molecule has 0 aliphatic carbocycles. The van der Waals surface area contributed by atoms with Crippen LogP contribution in [-0.4, -0.2) is 17.7 Å². The van der Waals surface area contributed by atoms with E-state index in [4.69, 9.17) is 0 Å². The largest absolute Gasteiger partial charge is 0.342 e. The standard InChI is InChI=1S/C10H13NO2.2C2H6/c1-4-6(3)8-7(5-2)11-10(13)9(8)12;2*1-2/h4-5,7-8H,2H2,1,3H3,(H,11,13);2*1-2H3/b6-4-;;. The summed E-state index contributed by atoms with van der Waals surface area (Å²) >= 11 is 0. The minimum Gasteiger partial charge on any atom is -0.342 e. The third kappa shape index (κ3) is 4.55. The fourth-order valence-electron chi connectivity index (χ4n) is 1.47. The highest BCUT2D eigenvalue weighted by atomic mass is 16.2. The molecule has 1 amide bonds. The maximum absolute atomic E-state index is 11.4. The Kier molecular flexibility index (Phi) is 10.4. The van der Waals surface area contributed by atoms with Crippen molar-refractivity contribution >= 4 is 11.7 Å². The summed E-state index contributed by atoms with van der Waals surface area (Å²) in [7, 11) is 0. The highest BCUT2D eigenvalue weighted by Crippen LogP contribution is 2.22. The molecule has 1 fully saturated rings. The Morgan fingerprint density at radius 3 is 2.06 bits per heavy atom. The second kappa shape index (κ2) is 9.82. The summed E-state index contributed by atoms with van der Waals surface area (Å²) in [5.74, 6) is -1.22. The van der Waals surface area contributed by atoms with Gasteiger partial charge in [-0.25, -0.2) is 0 Å². The number of carbonyl (C=O) groups is 2. The van der Waals surface area contributed by atoms with Crippen molar-refractivity contribution in [2.24, 2.45) is 5.92 Å². The van der Waals surface area contributed by atoms with E-state index in [2.05, 4.69) is 11.9 Å². The Morgan fingerprint density at radius 1 is 1.24 bits per heavy atom. The van der Waals surface area contributed by atoms with Crippen molar-refractivity contribution in [3.8, 4) is 0 Å². The third-order valence-corrected chi connectivity index (χ3v) is 2.36. The average Bonchev–Trinajstić information content (AvgIpc) is 2.69. The van der Waals surface area contributed by atoms with Gasteiger partial charge in [0.2, 0.25) is 5.78 Å². The van der Waals surface area contributed by atoms with Gasteiger partial charge in [0.05, 0.1) is 12.0 Å². The molecule has 3 heteroatoms. The molecule has 0 spiro atoms. The van der Waals surface area contributed by atoms with E-state index >= 15 is 0 Å². The molecule has 1 aliphatic rings. The Labute approximate surface area is 105 Å². The lowest BCUT2D eigenvalue weighted by Crippen LogP contribution is -2.26. The molecule has 2 atom stereocenters. The van der Waals surface area contributed by atoms with Crippen LogP contribution in [0, 0.1) is 5.92 Å². The first kappa shape index (κ1) is 18.0. The van der Waals surface area contributed by atoms with Crippen LogP contribution in [0.3, 0.4) is 0 Å². The van der Waals surface area contributed by atoms with Gasteiger partial charge in [-0.3, -0.25) is 9.59 Å². The van der Waals surface area contributed by atoms with Crippen molar-refractivity contribution in [1.82, 2.24) is 5.32 Å². The van der Waals surface area contributed by atoms with Gasteiger partial charge in [0.15, 0.2) is 0 Å². The van der Waals surface area contributed by atoms with E-state index in [-0.39, 0.29) is 17.7 Å². The van der Waals surface area contributed by atoms with Crippen LogP contribution in [0.25, 0.3) is 0 Å². The van der Waals surface area contributed by atoms with Crippen molar-refractivity contribution in [3.63, 3.8) is 0 Å². The third-order valence-electron chi connectivity index (χ3n) is 2.36. The molecule has 1 rings (SSSR count). The van der Waals surface area contributed by atoms with Crippen molar-refractivity contribution in [2.45, 2.75) is 47.6 Å². The molecule has 0 aromatic carbocycles. The quantitative estimate of drug-likeness (QED) is 0.595. The molecular formula is C14H25NO2. The van der Waals surface area contributed by atoms with E-state index in [0.29, 0.717) is 0 Å². The second-order valence-corrected chi connectivity index (χ2v) is 3.11. The van der Waals surface area contributed by atoms with Crippen LogP contribution in [0.2, 0.25) is 0 Å². The van der Waals surface area contributed by atoms with Gasteiger partial charge in [0.25, 0.3) is 5.91 Å². The van der Waals surface area contributed by atoms with E-state index in [0.717, 1.165) is 5.57 Å². The number of rotatable bonds is 2. The Bertz CT molecular complexity index is 293. The van der Waals surface area contributed by atoms with Crippen LogP contribution < -0.4 is 5.32 Å². The van der Waals surface area contributed by atoms with Crippen molar-refractivity contribution in [2.75, 3.05) is 0 Å². The topological polar surface area (TPSA) is 46.2 Å². The fourth-order valence-corrected chi connectivity index (χ4v) is 1.47. The molecule has 0 radical (unpaired) electrons. The first-order valence-electron chi connectivity index (χ1n) is 6.22. The van der Waals surface area contributed by atoms with E-state index in [1.807, 2.05) is 47.6 Å². The summed E-state index contributed by atoms with van der Waals surface area (Å²) in [5, 5.41) is 2.57. The minimum atomic E-state index is -0.504. The fraction of sp³-hybridized carbons (Fsp3) is 0.571. The number of nitrogens with one attached hydrogen (secondary N) is 1. The Balaban J connectivity index is 0. The van der Waals surface area contributed by atoms with Gasteiger partial charge in [-0.15, -0.1) is 6.58 Å². The Hall–Kier alpha value is -1.38. The summed E-state index contributed by atoms with van der Waals surface area (Å²) in [4.78, 5) is 22.4. The average molecular weight is 239 g/mol. The smallest absolute Gasteiger partial charge is 0.288 e. The van der Waals surface area contributed by atoms with E-state index in [1.165, 1.54) is 0 Å². The SMILES string of the molecule is C=CC1NC(=O)C(=O)C1/C(C)=C\C.CC.CC. The lowest BCUT2D eigenvalue weighted by Gasteiger charge is -2.13. The van der Waals surface area contributed by atoms with Crippen LogP contribution in [-0.2, 0) is 9.59 Å². The molecule has 1 N–H and O–H groups in total. The lowest BCUT2D eigenvalue weighted by molar-refractivity contribution is -0.136. The highest BCUT2D eigenvalue weighted by molar-refractivity contribution is 6.40. The number of amides is 1. The van der Waals surface area contributed by atoms with Crippen LogP contribution in [0.5, 0.6) is 0 Å². The van der Waals surface area contributed by atoms with Crippen LogP contribution in [0.15, 0.2) is 24.3 Å². The zero-order valence-corrected chi connectivity index (χ0v) is 11.8. The summed E-state index contributed by atoms with van der Waals surface area (Å²) in [6, 6.07) is -0.240. The van der Waals surface area contributed by atoms with Crippen LogP contribution in [0.1, 0.15) is 41.5 Å². The predicted octanol–water partition coefficient (Wildman–Crippen LogP) is 2.87. The molecule has 1 saturated heterocycles. The van der Waals surface area contributed by atoms with E-state index in [9.17, 15) is 9.59 Å². The summed E-state index contributed by atoms with van der Waals surface area (Å²) < 4.78 is 0. The molecule has 3 nitrogen and oxygen atoms in total. The zero-order chi connectivity index (χ0) is 14.0. The number of hydrogen-bond acceptors (Lipinski definition) is 2. The summed E-state index contributed by atoms with van der Waals surface area (Å²) in [5.41, 5.74) is 0.910. The number of ketones is 1. The van der Waals surface area contributed by atoms with Crippen LogP contribution in [0.4, 0.5) is 0 Å². The first-order chi connectivity index (χ1) is 8.11. The number of hydrogen-bond donors (Lipinski definition) is 1. The lowest BCUT2D eigenvalue weighted by atomic mass is 9.91. The molecular weight excluding hydrogens is 214 g/mol. The molecule has 0 saturated carbocycles. The molecule has 2 unspecified atom stereocenters. The molecule has 17 heavy (non-hydrogen) atoms. The molecule has 0 aromatic heterocycles. The van der Waals surface area contributed by atoms with Crippen LogP contribution >= 0.6 is 0 Å².